The Morgan fingerprint density at radius 3 is 1.44 bits per heavy atom. The van der Waals surface area contributed by atoms with E-state index in [1.807, 2.05) is 14.2 Å². The second-order valence-electron chi connectivity index (χ2n) is 14.8. The van der Waals surface area contributed by atoms with E-state index in [1.54, 1.807) is 0 Å². The van der Waals surface area contributed by atoms with Gasteiger partial charge in [0.2, 0.25) is 0 Å². The van der Waals surface area contributed by atoms with E-state index >= 15 is 0 Å². The molecule has 0 amide bonds. The van der Waals surface area contributed by atoms with Gasteiger partial charge < -0.3 is 9.47 Å². The van der Waals surface area contributed by atoms with Gasteiger partial charge in [0.05, 0.1) is 14.2 Å². The van der Waals surface area contributed by atoms with Crippen LogP contribution in [0.2, 0.25) is 0 Å². The van der Waals surface area contributed by atoms with Gasteiger partial charge in [0, 0.05) is 22.3 Å². The molecule has 0 unspecified atom stereocenters. The standard InChI is InChI=1S/C45H57O2P/c1-31(2)37-28-19-29-38(32(3)4)42(37)43-40(46-5)30-39(41(33-20-11-7-12-21-33)34-22-13-8-14-23-34)44(47-6)45(43)48(35-24-15-9-16-25-35)36-26-17-10-18-27-36/h7-8,11-14,19-23,28-32,35-36,41H,9-10,15-18,24-27H2,1-6H3. The predicted molar refractivity (Wildman–Crippen MR) is 207 cm³/mol. The third-order valence-electron chi connectivity index (χ3n) is 11.1. The van der Waals surface area contributed by atoms with Crippen LogP contribution < -0.4 is 14.8 Å². The second-order valence-corrected chi connectivity index (χ2v) is 17.5. The highest BCUT2D eigenvalue weighted by Crippen LogP contribution is 2.61. The number of ether oxygens (including phenoxy) is 2. The lowest BCUT2D eigenvalue weighted by molar-refractivity contribution is 0.402. The summed E-state index contributed by atoms with van der Waals surface area (Å²) in [5, 5.41) is 1.49. The Morgan fingerprint density at radius 2 is 1.02 bits per heavy atom. The zero-order chi connectivity index (χ0) is 33.6. The Balaban J connectivity index is 1.76. The van der Waals surface area contributed by atoms with Crippen molar-refractivity contribution in [2.24, 2.45) is 0 Å². The second kappa shape index (κ2) is 16.1. The molecule has 0 spiro atoms. The Bertz CT molecular complexity index is 1530. The van der Waals surface area contributed by atoms with Gasteiger partial charge in [-0.15, -0.1) is 0 Å². The number of hydrogen-bond acceptors (Lipinski definition) is 2. The minimum Gasteiger partial charge on any atom is -0.496 e. The Hall–Kier alpha value is -3.09. The summed E-state index contributed by atoms with van der Waals surface area (Å²) in [4.78, 5) is 0. The zero-order valence-corrected chi connectivity index (χ0v) is 31.2. The highest BCUT2D eigenvalue weighted by atomic mass is 31.1. The molecule has 2 fully saturated rings. The molecule has 0 atom stereocenters. The van der Waals surface area contributed by atoms with Crippen molar-refractivity contribution in [3.63, 3.8) is 0 Å². The van der Waals surface area contributed by atoms with Crippen molar-refractivity contribution in [1.82, 2.24) is 0 Å². The van der Waals surface area contributed by atoms with Crippen molar-refractivity contribution in [2.45, 2.75) is 121 Å². The highest BCUT2D eigenvalue weighted by Gasteiger charge is 2.40. The summed E-state index contributed by atoms with van der Waals surface area (Å²) in [7, 11) is 3.31. The van der Waals surface area contributed by atoms with E-state index < -0.39 is 7.92 Å². The fourth-order valence-corrected chi connectivity index (χ4v) is 12.9. The van der Waals surface area contributed by atoms with E-state index in [9.17, 15) is 0 Å². The fourth-order valence-electron chi connectivity index (χ4n) is 8.79. The summed E-state index contributed by atoms with van der Waals surface area (Å²) in [6.45, 7) is 9.42. The van der Waals surface area contributed by atoms with Crippen LogP contribution in [0.25, 0.3) is 11.1 Å². The third-order valence-corrected chi connectivity index (χ3v) is 14.6. The van der Waals surface area contributed by atoms with Crippen molar-refractivity contribution >= 4 is 13.2 Å². The monoisotopic (exact) mass is 660 g/mol. The molecule has 2 nitrogen and oxygen atoms in total. The molecule has 0 bridgehead atoms. The molecule has 254 valence electrons. The molecule has 2 aliphatic rings. The smallest absolute Gasteiger partial charge is 0.131 e. The first-order chi connectivity index (χ1) is 23.4. The molecule has 4 aromatic rings. The minimum absolute atomic E-state index is 0.0310. The number of rotatable bonds is 11. The van der Waals surface area contributed by atoms with E-state index in [-0.39, 0.29) is 5.92 Å². The molecule has 2 saturated carbocycles. The van der Waals surface area contributed by atoms with Crippen LogP contribution in [0.3, 0.4) is 0 Å². The van der Waals surface area contributed by atoms with Gasteiger partial charge >= 0.3 is 0 Å². The van der Waals surface area contributed by atoms with Gasteiger partial charge in [0.15, 0.2) is 0 Å². The van der Waals surface area contributed by atoms with Crippen molar-refractivity contribution in [3.8, 4) is 22.6 Å². The SMILES string of the molecule is COc1cc(C(c2ccccc2)c2ccccc2)c(OC)c(P(C2CCCCC2)C2CCCCC2)c1-c1c(C(C)C)cccc1C(C)C. The van der Waals surface area contributed by atoms with Gasteiger partial charge in [-0.3, -0.25) is 0 Å². The molecule has 0 saturated heterocycles. The summed E-state index contributed by atoms with van der Waals surface area (Å²) in [5.74, 6) is 2.92. The number of benzene rings is 4. The Kier molecular flexibility index (Phi) is 11.6. The molecule has 0 N–H and O–H groups in total. The third kappa shape index (κ3) is 7.12. The van der Waals surface area contributed by atoms with Gasteiger partial charge in [-0.05, 0) is 82.7 Å². The van der Waals surface area contributed by atoms with Crippen LogP contribution in [0.15, 0.2) is 84.9 Å². The van der Waals surface area contributed by atoms with E-state index in [4.69, 9.17) is 9.47 Å². The molecule has 0 aliphatic heterocycles. The van der Waals surface area contributed by atoms with Crippen LogP contribution in [0.1, 0.15) is 137 Å². The average Bonchev–Trinajstić information content (AvgIpc) is 3.13. The molecule has 0 heterocycles. The van der Waals surface area contributed by atoms with E-state index in [0.717, 1.165) is 11.5 Å². The van der Waals surface area contributed by atoms with Crippen molar-refractivity contribution in [1.29, 1.82) is 0 Å². The first-order valence-electron chi connectivity index (χ1n) is 18.7. The van der Waals surface area contributed by atoms with Crippen LogP contribution in [-0.4, -0.2) is 25.5 Å². The molecular formula is C45H57O2P. The van der Waals surface area contributed by atoms with Crippen molar-refractivity contribution in [3.05, 3.63) is 113 Å². The Morgan fingerprint density at radius 1 is 0.542 bits per heavy atom. The Labute approximate surface area is 292 Å². The largest absolute Gasteiger partial charge is 0.496 e. The maximum absolute atomic E-state index is 6.89. The van der Waals surface area contributed by atoms with Gasteiger partial charge in [-0.1, -0.05) is 153 Å². The van der Waals surface area contributed by atoms with Crippen molar-refractivity contribution in [2.75, 3.05) is 14.2 Å². The molecule has 0 aromatic heterocycles. The van der Waals surface area contributed by atoms with E-state index in [2.05, 4.69) is 113 Å². The minimum atomic E-state index is -0.532. The van der Waals surface area contributed by atoms with Gasteiger partial charge in [-0.25, -0.2) is 0 Å². The van der Waals surface area contributed by atoms with Crippen molar-refractivity contribution < 1.29 is 9.47 Å². The van der Waals surface area contributed by atoms with Crippen LogP contribution in [0, 0.1) is 0 Å². The number of hydrogen-bond donors (Lipinski definition) is 0. The first kappa shape index (κ1) is 34.8. The molecular weight excluding hydrogens is 603 g/mol. The van der Waals surface area contributed by atoms with Crippen LogP contribution >= 0.6 is 7.92 Å². The quantitative estimate of drug-likeness (QED) is 0.118. The summed E-state index contributed by atoms with van der Waals surface area (Å²) in [5.41, 5.74) is 10.8. The maximum Gasteiger partial charge on any atom is 0.131 e. The topological polar surface area (TPSA) is 18.5 Å². The lowest BCUT2D eigenvalue weighted by atomic mass is 9.81. The molecule has 48 heavy (non-hydrogen) atoms. The molecule has 3 heteroatoms. The van der Waals surface area contributed by atoms with Gasteiger partial charge in [0.25, 0.3) is 0 Å². The van der Waals surface area contributed by atoms with Crippen LogP contribution in [0.5, 0.6) is 11.5 Å². The molecule has 6 rings (SSSR count). The summed E-state index contributed by atoms with van der Waals surface area (Å²) in [6.07, 6.45) is 13.5. The first-order valence-corrected chi connectivity index (χ1v) is 20.2. The van der Waals surface area contributed by atoms with E-state index in [1.165, 1.54) is 108 Å². The normalized spacial score (nSPS) is 16.3. The highest BCUT2D eigenvalue weighted by molar-refractivity contribution is 7.67. The van der Waals surface area contributed by atoms with Gasteiger partial charge in [0.1, 0.15) is 11.5 Å². The maximum atomic E-state index is 6.89. The lowest BCUT2D eigenvalue weighted by Crippen LogP contribution is -2.29. The van der Waals surface area contributed by atoms with Crippen LogP contribution in [-0.2, 0) is 0 Å². The van der Waals surface area contributed by atoms with Gasteiger partial charge in [-0.2, -0.15) is 0 Å². The number of methoxy groups -OCH3 is 2. The molecule has 2 aliphatic carbocycles. The lowest BCUT2D eigenvalue weighted by Gasteiger charge is -2.41. The summed E-state index contributed by atoms with van der Waals surface area (Å²) < 4.78 is 13.5. The summed E-state index contributed by atoms with van der Waals surface area (Å²) in [6, 6.07) is 31.5. The molecule has 4 aromatic carbocycles. The molecule has 0 radical (unpaired) electrons. The van der Waals surface area contributed by atoms with Crippen LogP contribution in [0.4, 0.5) is 0 Å². The zero-order valence-electron chi connectivity index (χ0n) is 30.3. The predicted octanol–water partition coefficient (Wildman–Crippen LogP) is 12.6. The fraction of sp³-hybridized carbons (Fsp3) is 0.467. The van der Waals surface area contributed by atoms with E-state index in [0.29, 0.717) is 23.2 Å². The average molecular weight is 661 g/mol. The summed E-state index contributed by atoms with van der Waals surface area (Å²) >= 11 is 0.